The summed E-state index contributed by atoms with van der Waals surface area (Å²) in [6.45, 7) is 1.85. The van der Waals surface area contributed by atoms with Crippen LogP contribution in [0.15, 0.2) is 38.6 Å². The quantitative estimate of drug-likeness (QED) is 0.612. The smallest absolute Gasteiger partial charge is 0.340 e. The Hall–Kier alpha value is -2.10. The van der Waals surface area contributed by atoms with E-state index in [9.17, 15) is 4.79 Å². The van der Waals surface area contributed by atoms with Gasteiger partial charge < -0.3 is 9.25 Å². The Balaban J connectivity index is 2.56. The molecule has 0 saturated heterocycles. The average Bonchev–Trinajstić information content (AvgIpc) is 2.23. The Morgan fingerprint density at radius 2 is 2.20 bits per heavy atom. The summed E-state index contributed by atoms with van der Waals surface area (Å²) in [6.07, 6.45) is 0. The Labute approximate surface area is 84.8 Å². The van der Waals surface area contributed by atoms with Gasteiger partial charge in [0.25, 0.3) is 0 Å². The Morgan fingerprint density at radius 3 is 3.07 bits per heavy atom. The Kier molecular flexibility index (Phi) is 1.48. The zero-order valence-corrected chi connectivity index (χ0v) is 7.98. The number of hydrogen-bond donors (Lipinski definition) is 0. The molecule has 1 aromatic carbocycles. The predicted octanol–water partition coefficient (Wildman–Crippen LogP) is 1.91. The van der Waals surface area contributed by atoms with Crippen LogP contribution in [0.4, 0.5) is 0 Å². The topological polar surface area (TPSA) is 51.8 Å². The van der Waals surface area contributed by atoms with Crippen LogP contribution >= 0.6 is 0 Å². The molecular weight excluding hydrogens is 194 g/mol. The summed E-state index contributed by atoms with van der Waals surface area (Å²) in [5.41, 5.74) is 1.83. The summed E-state index contributed by atoms with van der Waals surface area (Å²) in [6, 6.07) is 6.80. The second kappa shape index (κ2) is 2.70. The molecule has 2 aromatic rings. The van der Waals surface area contributed by atoms with Crippen molar-refractivity contribution < 1.29 is 9.25 Å². The molecule has 2 heterocycles. The summed E-state index contributed by atoms with van der Waals surface area (Å²) in [5.74, 6) is 0.461. The van der Waals surface area contributed by atoms with Crippen molar-refractivity contribution >= 4 is 16.7 Å². The zero-order valence-electron chi connectivity index (χ0n) is 7.98. The van der Waals surface area contributed by atoms with Gasteiger partial charge in [0.05, 0.1) is 17.2 Å². The fraction of sp³-hybridized carbons (Fsp3) is 0.0909. The van der Waals surface area contributed by atoms with Crippen LogP contribution in [0.3, 0.4) is 0 Å². The molecule has 0 amide bonds. The van der Waals surface area contributed by atoms with E-state index >= 15 is 0 Å². The van der Waals surface area contributed by atoms with Crippen LogP contribution in [0.1, 0.15) is 12.5 Å². The summed E-state index contributed by atoms with van der Waals surface area (Å²) in [5, 5.41) is 4.68. The molecule has 0 unspecified atom stereocenters. The van der Waals surface area contributed by atoms with E-state index in [1.807, 2.05) is 19.1 Å². The average molecular weight is 201 g/mol. The molecule has 3 rings (SSSR count). The highest BCUT2D eigenvalue weighted by molar-refractivity contribution is 6.11. The third-order valence-electron chi connectivity index (χ3n) is 2.40. The van der Waals surface area contributed by atoms with Gasteiger partial charge in [-0.3, -0.25) is 0 Å². The Morgan fingerprint density at radius 1 is 1.33 bits per heavy atom. The van der Waals surface area contributed by atoms with E-state index in [-0.39, 0.29) is 0 Å². The first kappa shape index (κ1) is 8.23. The monoisotopic (exact) mass is 201 g/mol. The van der Waals surface area contributed by atoms with Crippen molar-refractivity contribution in [2.24, 2.45) is 5.16 Å². The fourth-order valence-electron chi connectivity index (χ4n) is 1.73. The van der Waals surface area contributed by atoms with Crippen LogP contribution in [-0.4, -0.2) is 5.71 Å². The lowest BCUT2D eigenvalue weighted by Crippen LogP contribution is -2.08. The van der Waals surface area contributed by atoms with Gasteiger partial charge in [-0.1, -0.05) is 17.3 Å². The first-order chi connectivity index (χ1) is 7.25. The molecule has 74 valence electrons. The maximum absolute atomic E-state index is 11.2. The van der Waals surface area contributed by atoms with E-state index in [0.717, 1.165) is 16.7 Å². The molecule has 1 aromatic heterocycles. The van der Waals surface area contributed by atoms with Gasteiger partial charge in [0, 0.05) is 5.56 Å². The van der Waals surface area contributed by atoms with Gasteiger partial charge >= 0.3 is 5.63 Å². The van der Waals surface area contributed by atoms with Crippen molar-refractivity contribution in [2.75, 3.05) is 0 Å². The summed E-state index contributed by atoms with van der Waals surface area (Å²) in [4.78, 5) is 16.3. The van der Waals surface area contributed by atoms with E-state index in [1.165, 1.54) is 6.07 Å². The lowest BCUT2D eigenvalue weighted by atomic mass is 10.0. The molecule has 4 heteroatoms. The van der Waals surface area contributed by atoms with Crippen LogP contribution < -0.4 is 10.5 Å². The van der Waals surface area contributed by atoms with Crippen molar-refractivity contribution in [3.05, 3.63) is 40.2 Å². The lowest BCUT2D eigenvalue weighted by molar-refractivity contribution is 0.339. The van der Waals surface area contributed by atoms with Gasteiger partial charge in [0.1, 0.15) is 5.58 Å². The van der Waals surface area contributed by atoms with Crippen LogP contribution in [0.25, 0.3) is 11.0 Å². The largest absolute Gasteiger partial charge is 0.422 e. The standard InChI is InChI=1S/C11H7NO3/c1-6-7-3-2-4-8-11(7)9(15-12-6)5-10(13)14-8/h2-5H,1H3. The van der Waals surface area contributed by atoms with Crippen LogP contribution in [0.5, 0.6) is 5.75 Å². The first-order valence-corrected chi connectivity index (χ1v) is 4.54. The molecule has 0 radical (unpaired) electrons. The SMILES string of the molecule is CC1=NOc2cc(=O)oc3cccc1c23. The molecule has 0 atom stereocenters. The number of rotatable bonds is 0. The number of hydrogen-bond acceptors (Lipinski definition) is 4. The highest BCUT2D eigenvalue weighted by Crippen LogP contribution is 2.30. The van der Waals surface area contributed by atoms with E-state index < -0.39 is 5.63 Å². The van der Waals surface area contributed by atoms with E-state index in [4.69, 9.17) is 9.25 Å². The molecule has 0 aliphatic carbocycles. The van der Waals surface area contributed by atoms with Gasteiger partial charge in [0.2, 0.25) is 0 Å². The van der Waals surface area contributed by atoms with Gasteiger partial charge in [0.15, 0.2) is 5.75 Å². The molecule has 0 N–H and O–H groups in total. The van der Waals surface area contributed by atoms with Crippen molar-refractivity contribution in [3.63, 3.8) is 0 Å². The normalized spacial score (nSPS) is 13.5. The van der Waals surface area contributed by atoms with Crippen LogP contribution in [0.2, 0.25) is 0 Å². The molecular formula is C11H7NO3. The summed E-state index contributed by atoms with van der Waals surface area (Å²) >= 11 is 0. The molecule has 0 saturated carbocycles. The lowest BCUT2D eigenvalue weighted by Gasteiger charge is -2.12. The van der Waals surface area contributed by atoms with Crippen molar-refractivity contribution in [1.82, 2.24) is 0 Å². The van der Waals surface area contributed by atoms with E-state index in [2.05, 4.69) is 5.16 Å². The third kappa shape index (κ3) is 1.08. The van der Waals surface area contributed by atoms with Gasteiger partial charge in [-0.15, -0.1) is 0 Å². The fourth-order valence-corrected chi connectivity index (χ4v) is 1.73. The molecule has 1 aliphatic rings. The minimum Gasteiger partial charge on any atom is -0.422 e. The highest BCUT2D eigenvalue weighted by Gasteiger charge is 2.17. The summed E-state index contributed by atoms with van der Waals surface area (Å²) < 4.78 is 5.08. The second-order valence-electron chi connectivity index (χ2n) is 3.38. The Bertz CT molecular complexity index is 640. The minimum atomic E-state index is -0.426. The molecule has 15 heavy (non-hydrogen) atoms. The predicted molar refractivity (Wildman–Crippen MR) is 55.3 cm³/mol. The van der Waals surface area contributed by atoms with Crippen LogP contribution in [0, 0.1) is 0 Å². The van der Waals surface area contributed by atoms with E-state index in [0.29, 0.717) is 11.3 Å². The summed E-state index contributed by atoms with van der Waals surface area (Å²) in [7, 11) is 0. The van der Waals surface area contributed by atoms with E-state index in [1.54, 1.807) is 6.07 Å². The third-order valence-corrected chi connectivity index (χ3v) is 2.40. The molecule has 0 spiro atoms. The molecule has 4 nitrogen and oxygen atoms in total. The number of oxime groups is 1. The first-order valence-electron chi connectivity index (χ1n) is 4.54. The zero-order chi connectivity index (χ0) is 10.4. The van der Waals surface area contributed by atoms with Gasteiger partial charge in [-0.2, -0.15) is 0 Å². The van der Waals surface area contributed by atoms with Crippen molar-refractivity contribution in [1.29, 1.82) is 0 Å². The maximum atomic E-state index is 11.2. The highest BCUT2D eigenvalue weighted by atomic mass is 16.6. The van der Waals surface area contributed by atoms with Crippen molar-refractivity contribution in [3.8, 4) is 5.75 Å². The molecule has 1 aliphatic heterocycles. The van der Waals surface area contributed by atoms with Gasteiger partial charge in [-0.25, -0.2) is 4.79 Å². The van der Waals surface area contributed by atoms with Crippen LogP contribution in [-0.2, 0) is 0 Å². The maximum Gasteiger partial charge on any atom is 0.340 e. The molecule has 0 fully saturated rings. The number of nitrogens with zero attached hydrogens (tertiary/aromatic N) is 1. The molecule has 0 bridgehead atoms. The minimum absolute atomic E-state index is 0.426. The second-order valence-corrected chi connectivity index (χ2v) is 3.38. The van der Waals surface area contributed by atoms with Gasteiger partial charge in [-0.05, 0) is 13.0 Å². The van der Waals surface area contributed by atoms with Crippen molar-refractivity contribution in [2.45, 2.75) is 6.92 Å². The number of benzene rings is 1.